The number of esters is 1. The highest BCUT2D eigenvalue weighted by atomic mass is 16.5. The van der Waals surface area contributed by atoms with Crippen LogP contribution < -0.4 is 4.74 Å². The zero-order chi connectivity index (χ0) is 18.8. The average Bonchev–Trinajstić information content (AvgIpc) is 3.32. The van der Waals surface area contributed by atoms with Crippen molar-refractivity contribution in [3.8, 4) is 5.75 Å². The zero-order valence-electron chi connectivity index (χ0n) is 15.0. The van der Waals surface area contributed by atoms with Crippen LogP contribution in [0.1, 0.15) is 28.5 Å². The van der Waals surface area contributed by atoms with E-state index in [4.69, 9.17) is 13.9 Å². The van der Waals surface area contributed by atoms with Gasteiger partial charge in [-0.25, -0.2) is 4.79 Å². The van der Waals surface area contributed by atoms with Gasteiger partial charge in [0, 0.05) is 5.39 Å². The molecule has 0 spiro atoms. The minimum atomic E-state index is -0.419. The van der Waals surface area contributed by atoms with Crippen molar-refractivity contribution in [2.24, 2.45) is 0 Å². The fourth-order valence-corrected chi connectivity index (χ4v) is 3.07. The van der Waals surface area contributed by atoms with Crippen LogP contribution in [0, 0.1) is 0 Å². The molecule has 4 aromatic rings. The van der Waals surface area contributed by atoms with Crippen LogP contribution in [0.2, 0.25) is 0 Å². The summed E-state index contributed by atoms with van der Waals surface area (Å²) >= 11 is 0. The highest BCUT2D eigenvalue weighted by Crippen LogP contribution is 2.32. The van der Waals surface area contributed by atoms with E-state index in [2.05, 4.69) is 10.2 Å². The molecular weight excluding hydrogens is 344 g/mol. The number of benzene rings is 2. The maximum atomic E-state index is 12.2. The number of fused-ring (bicyclic) bond motifs is 2. The molecule has 6 nitrogen and oxygen atoms in total. The molecule has 0 amide bonds. The lowest BCUT2D eigenvalue weighted by Gasteiger charge is -2.09. The molecule has 0 unspecified atom stereocenters. The molecule has 27 heavy (non-hydrogen) atoms. The lowest BCUT2D eigenvalue weighted by atomic mass is 10.1. The zero-order valence-corrected chi connectivity index (χ0v) is 15.0. The summed E-state index contributed by atoms with van der Waals surface area (Å²) in [5, 5.41) is 9.08. The molecule has 0 bridgehead atoms. The van der Waals surface area contributed by atoms with Crippen molar-refractivity contribution in [2.75, 3.05) is 13.7 Å². The lowest BCUT2D eigenvalue weighted by Crippen LogP contribution is -2.07. The first-order valence-corrected chi connectivity index (χ1v) is 8.58. The molecule has 0 aliphatic heterocycles. The van der Waals surface area contributed by atoms with Crippen molar-refractivity contribution in [1.29, 1.82) is 0 Å². The van der Waals surface area contributed by atoms with Gasteiger partial charge in [0.1, 0.15) is 16.9 Å². The summed E-state index contributed by atoms with van der Waals surface area (Å²) in [6.45, 7) is 2.07. The normalized spacial score (nSPS) is 11.5. The molecule has 0 radical (unpaired) electrons. The molecule has 0 aliphatic carbocycles. The van der Waals surface area contributed by atoms with Gasteiger partial charge in [-0.05, 0) is 48.9 Å². The third-order valence-electron chi connectivity index (χ3n) is 4.32. The van der Waals surface area contributed by atoms with Gasteiger partial charge < -0.3 is 13.9 Å². The molecule has 2 aromatic carbocycles. The Balaban J connectivity index is 1.76. The number of aromatic nitrogens is 2. The van der Waals surface area contributed by atoms with Crippen molar-refractivity contribution >= 4 is 40.0 Å². The van der Waals surface area contributed by atoms with Crippen molar-refractivity contribution in [2.45, 2.75) is 6.92 Å². The van der Waals surface area contributed by atoms with Gasteiger partial charge in [0.15, 0.2) is 0 Å². The summed E-state index contributed by atoms with van der Waals surface area (Å²) in [5.41, 5.74) is 3.71. The number of methoxy groups -OCH3 is 1. The predicted octanol–water partition coefficient (Wildman–Crippen LogP) is 4.66. The first-order chi connectivity index (χ1) is 13.2. The number of aromatic amines is 1. The van der Waals surface area contributed by atoms with Crippen molar-refractivity contribution in [3.63, 3.8) is 0 Å². The summed E-state index contributed by atoms with van der Waals surface area (Å²) in [6.07, 6.45) is 5.55. The summed E-state index contributed by atoms with van der Waals surface area (Å²) in [6, 6.07) is 11.3. The summed E-state index contributed by atoms with van der Waals surface area (Å²) in [4.78, 5) is 12.2. The van der Waals surface area contributed by atoms with Gasteiger partial charge in [-0.15, -0.1) is 0 Å². The van der Waals surface area contributed by atoms with Crippen LogP contribution in [0.4, 0.5) is 0 Å². The molecule has 2 aromatic heterocycles. The van der Waals surface area contributed by atoms with E-state index in [0.29, 0.717) is 23.4 Å². The number of carbonyl (C=O) groups excluding carboxylic acids is 1. The van der Waals surface area contributed by atoms with Gasteiger partial charge in [0.05, 0.1) is 36.6 Å². The van der Waals surface area contributed by atoms with Gasteiger partial charge in [-0.3, -0.25) is 5.10 Å². The second-order valence-electron chi connectivity index (χ2n) is 5.95. The van der Waals surface area contributed by atoms with Crippen LogP contribution in [-0.4, -0.2) is 29.9 Å². The van der Waals surface area contributed by atoms with E-state index in [-0.39, 0.29) is 0 Å². The Kier molecular flexibility index (Phi) is 4.38. The Labute approximate surface area is 155 Å². The summed E-state index contributed by atoms with van der Waals surface area (Å²) in [5.74, 6) is 0.0300. The first kappa shape index (κ1) is 16.9. The number of hydrogen-bond acceptors (Lipinski definition) is 5. The minimum absolute atomic E-state index is 0.300. The van der Waals surface area contributed by atoms with E-state index in [1.165, 1.54) is 7.11 Å². The number of carbonyl (C=O) groups is 1. The van der Waals surface area contributed by atoms with Crippen molar-refractivity contribution in [1.82, 2.24) is 10.2 Å². The first-order valence-electron chi connectivity index (χ1n) is 8.58. The van der Waals surface area contributed by atoms with E-state index in [0.717, 1.165) is 27.6 Å². The Morgan fingerprint density at radius 2 is 2.11 bits per heavy atom. The molecule has 2 heterocycles. The van der Waals surface area contributed by atoms with E-state index in [9.17, 15) is 4.79 Å². The highest BCUT2D eigenvalue weighted by molar-refractivity contribution is 6.03. The summed E-state index contributed by atoms with van der Waals surface area (Å²) in [7, 11) is 1.53. The van der Waals surface area contributed by atoms with Gasteiger partial charge >= 0.3 is 5.97 Å². The number of rotatable bonds is 5. The molecule has 136 valence electrons. The predicted molar refractivity (Wildman–Crippen MR) is 104 cm³/mol. The van der Waals surface area contributed by atoms with Crippen molar-refractivity contribution in [3.05, 3.63) is 59.5 Å². The van der Waals surface area contributed by atoms with Gasteiger partial charge in [0.2, 0.25) is 0 Å². The third-order valence-corrected chi connectivity index (χ3v) is 4.32. The van der Waals surface area contributed by atoms with Crippen LogP contribution in [0.25, 0.3) is 34.0 Å². The lowest BCUT2D eigenvalue weighted by molar-refractivity contribution is 0.0523. The molecule has 0 saturated carbocycles. The molecular formula is C21H18N2O4. The maximum Gasteiger partial charge on any atom is 0.341 e. The number of furan rings is 1. The van der Waals surface area contributed by atoms with Gasteiger partial charge in [0.25, 0.3) is 0 Å². The van der Waals surface area contributed by atoms with Gasteiger partial charge in [-0.1, -0.05) is 12.1 Å². The molecule has 0 aliphatic rings. The highest BCUT2D eigenvalue weighted by Gasteiger charge is 2.19. The standard InChI is InChI=1S/C21H18N2O4/c1-3-26-21(24)15-6-8-17-19(20(15)25-2)16(22-23-17)7-4-13-5-9-18-14(12-13)10-11-27-18/h4-12H,3H2,1-2H3,(H,22,23)/b7-4+. The average molecular weight is 362 g/mol. The molecule has 0 fully saturated rings. The number of nitrogens with zero attached hydrogens (tertiary/aromatic N) is 1. The number of ether oxygens (including phenoxy) is 2. The quantitative estimate of drug-likeness (QED) is 0.522. The van der Waals surface area contributed by atoms with E-state index in [1.54, 1.807) is 25.3 Å². The van der Waals surface area contributed by atoms with E-state index < -0.39 is 5.97 Å². The van der Waals surface area contributed by atoms with Crippen LogP contribution >= 0.6 is 0 Å². The fraction of sp³-hybridized carbons (Fsp3) is 0.143. The fourth-order valence-electron chi connectivity index (χ4n) is 3.07. The maximum absolute atomic E-state index is 12.2. The smallest absolute Gasteiger partial charge is 0.341 e. The van der Waals surface area contributed by atoms with E-state index in [1.807, 2.05) is 36.4 Å². The molecule has 0 atom stereocenters. The van der Waals surface area contributed by atoms with Crippen molar-refractivity contribution < 1.29 is 18.7 Å². The SMILES string of the molecule is CCOC(=O)c1ccc2n[nH]c(/C=C/c3ccc4occc4c3)c2c1OC. The molecule has 4 rings (SSSR count). The number of H-pyrrole nitrogens is 1. The van der Waals surface area contributed by atoms with Crippen LogP contribution in [0.15, 0.2) is 47.1 Å². The minimum Gasteiger partial charge on any atom is -0.495 e. The Bertz CT molecular complexity index is 1150. The second-order valence-corrected chi connectivity index (χ2v) is 5.95. The molecule has 6 heteroatoms. The Morgan fingerprint density at radius 1 is 1.22 bits per heavy atom. The second kappa shape index (κ2) is 6.99. The summed E-state index contributed by atoms with van der Waals surface area (Å²) < 4.78 is 16.0. The Morgan fingerprint density at radius 3 is 2.93 bits per heavy atom. The molecule has 0 saturated heterocycles. The van der Waals surface area contributed by atoms with Gasteiger partial charge in [-0.2, -0.15) is 5.10 Å². The third kappa shape index (κ3) is 3.06. The number of hydrogen-bond donors (Lipinski definition) is 1. The monoisotopic (exact) mass is 362 g/mol. The molecule has 1 N–H and O–H groups in total. The topological polar surface area (TPSA) is 77.4 Å². The van der Waals surface area contributed by atoms with E-state index >= 15 is 0 Å². The van der Waals surface area contributed by atoms with Crippen LogP contribution in [0.3, 0.4) is 0 Å². The van der Waals surface area contributed by atoms with Crippen LogP contribution in [-0.2, 0) is 4.74 Å². The van der Waals surface area contributed by atoms with Crippen LogP contribution in [0.5, 0.6) is 5.75 Å². The largest absolute Gasteiger partial charge is 0.495 e. The Hall–Kier alpha value is -3.54. The number of nitrogens with one attached hydrogen (secondary N) is 1.